The summed E-state index contributed by atoms with van der Waals surface area (Å²) in [6, 6.07) is 17.2. The highest BCUT2D eigenvalue weighted by Crippen LogP contribution is 2.16. The maximum Gasteiger partial charge on any atom is 0.222 e. The lowest BCUT2D eigenvalue weighted by atomic mass is 10.0. The summed E-state index contributed by atoms with van der Waals surface area (Å²) >= 11 is 0. The highest BCUT2D eigenvalue weighted by molar-refractivity contribution is 5.79. The Kier molecular flexibility index (Phi) is 5.92. The lowest BCUT2D eigenvalue weighted by Crippen LogP contribution is -2.32. The fourth-order valence-electron chi connectivity index (χ4n) is 2.44. The number of carbonyl (C=O) groups is 2. The van der Waals surface area contributed by atoms with Crippen molar-refractivity contribution in [3.63, 3.8) is 0 Å². The predicted molar refractivity (Wildman–Crippen MR) is 90.6 cm³/mol. The molecule has 0 aromatic heterocycles. The van der Waals surface area contributed by atoms with E-state index in [2.05, 4.69) is 10.6 Å². The highest BCUT2D eigenvalue weighted by Gasteiger charge is 2.16. The van der Waals surface area contributed by atoms with Crippen LogP contribution in [0, 0.1) is 6.92 Å². The van der Waals surface area contributed by atoms with Crippen LogP contribution in [0.15, 0.2) is 54.6 Å². The van der Waals surface area contributed by atoms with Crippen LogP contribution in [0.25, 0.3) is 0 Å². The molecule has 4 heteroatoms. The number of nitrogens with one attached hydrogen (secondary N) is 2. The zero-order valence-electron chi connectivity index (χ0n) is 13.5. The van der Waals surface area contributed by atoms with Gasteiger partial charge >= 0.3 is 0 Å². The van der Waals surface area contributed by atoms with Crippen LogP contribution in [-0.2, 0) is 16.1 Å². The first-order chi connectivity index (χ1) is 11.1. The highest BCUT2D eigenvalue weighted by atomic mass is 16.2. The van der Waals surface area contributed by atoms with E-state index in [4.69, 9.17) is 0 Å². The smallest absolute Gasteiger partial charge is 0.222 e. The zero-order valence-corrected chi connectivity index (χ0v) is 13.5. The molecule has 1 unspecified atom stereocenters. The molecular formula is C19H22N2O2. The zero-order chi connectivity index (χ0) is 16.7. The van der Waals surface area contributed by atoms with Gasteiger partial charge in [-0.2, -0.15) is 0 Å². The van der Waals surface area contributed by atoms with E-state index in [9.17, 15) is 9.59 Å². The fraction of sp³-hybridized carbons (Fsp3) is 0.263. The summed E-state index contributed by atoms with van der Waals surface area (Å²) in [4.78, 5) is 23.6. The van der Waals surface area contributed by atoms with Crippen molar-refractivity contribution in [2.45, 2.75) is 32.9 Å². The van der Waals surface area contributed by atoms with Crippen molar-refractivity contribution >= 4 is 11.8 Å². The van der Waals surface area contributed by atoms with Crippen molar-refractivity contribution < 1.29 is 9.59 Å². The Morgan fingerprint density at radius 3 is 2.30 bits per heavy atom. The summed E-state index contributed by atoms with van der Waals surface area (Å²) in [7, 11) is 0. The lowest BCUT2D eigenvalue weighted by molar-refractivity contribution is -0.122. The average molecular weight is 310 g/mol. The molecule has 1 atom stereocenters. The second-order valence-corrected chi connectivity index (χ2v) is 5.57. The molecule has 0 bridgehead atoms. The van der Waals surface area contributed by atoms with Crippen molar-refractivity contribution in [3.05, 3.63) is 71.3 Å². The van der Waals surface area contributed by atoms with E-state index in [1.165, 1.54) is 6.92 Å². The van der Waals surface area contributed by atoms with E-state index in [1.54, 1.807) is 0 Å². The van der Waals surface area contributed by atoms with Gasteiger partial charge in [0.25, 0.3) is 0 Å². The van der Waals surface area contributed by atoms with E-state index in [1.807, 2.05) is 61.5 Å². The SMILES string of the molecule is CC(=O)NC(CC(=O)NCc1ccccc1C)c1ccccc1. The molecule has 2 N–H and O–H groups in total. The molecule has 0 spiro atoms. The second kappa shape index (κ2) is 8.13. The molecule has 0 fully saturated rings. The molecule has 0 heterocycles. The van der Waals surface area contributed by atoms with E-state index in [0.29, 0.717) is 6.54 Å². The Balaban J connectivity index is 1.98. The second-order valence-electron chi connectivity index (χ2n) is 5.57. The number of amides is 2. The van der Waals surface area contributed by atoms with E-state index in [-0.39, 0.29) is 24.3 Å². The van der Waals surface area contributed by atoms with E-state index in [0.717, 1.165) is 16.7 Å². The first kappa shape index (κ1) is 16.7. The van der Waals surface area contributed by atoms with Gasteiger partial charge < -0.3 is 10.6 Å². The van der Waals surface area contributed by atoms with Crippen molar-refractivity contribution in [2.24, 2.45) is 0 Å². The van der Waals surface area contributed by atoms with Crippen LogP contribution >= 0.6 is 0 Å². The molecule has 0 saturated carbocycles. The van der Waals surface area contributed by atoms with Gasteiger partial charge in [0.1, 0.15) is 0 Å². The molecule has 2 aromatic carbocycles. The normalized spacial score (nSPS) is 11.6. The van der Waals surface area contributed by atoms with Gasteiger partial charge in [0.05, 0.1) is 12.5 Å². The van der Waals surface area contributed by atoms with Crippen molar-refractivity contribution in [1.29, 1.82) is 0 Å². The largest absolute Gasteiger partial charge is 0.352 e. The summed E-state index contributed by atoms with van der Waals surface area (Å²) in [5.41, 5.74) is 3.17. The lowest BCUT2D eigenvalue weighted by Gasteiger charge is -2.18. The van der Waals surface area contributed by atoms with Gasteiger partial charge in [-0.25, -0.2) is 0 Å². The van der Waals surface area contributed by atoms with Crippen molar-refractivity contribution in [3.8, 4) is 0 Å². The first-order valence-corrected chi connectivity index (χ1v) is 7.69. The van der Waals surface area contributed by atoms with Gasteiger partial charge in [0, 0.05) is 13.5 Å². The van der Waals surface area contributed by atoms with Crippen LogP contribution in [0.5, 0.6) is 0 Å². The fourth-order valence-corrected chi connectivity index (χ4v) is 2.44. The average Bonchev–Trinajstić information content (AvgIpc) is 2.54. The summed E-state index contributed by atoms with van der Waals surface area (Å²) in [6.07, 6.45) is 0.218. The van der Waals surface area contributed by atoms with Gasteiger partial charge in [-0.3, -0.25) is 9.59 Å². The molecule has 2 rings (SSSR count). The predicted octanol–water partition coefficient (Wildman–Crippen LogP) is 2.88. The number of carbonyl (C=O) groups excluding carboxylic acids is 2. The molecule has 0 aliphatic heterocycles. The standard InChI is InChI=1S/C19H22N2O2/c1-14-8-6-7-11-17(14)13-20-19(23)12-18(21-15(2)22)16-9-4-3-5-10-16/h3-11,18H,12-13H2,1-2H3,(H,20,23)(H,21,22). The Labute approximate surface area is 136 Å². The third-order valence-electron chi connectivity index (χ3n) is 3.71. The Hall–Kier alpha value is -2.62. The van der Waals surface area contributed by atoms with Crippen LogP contribution in [0.4, 0.5) is 0 Å². The van der Waals surface area contributed by atoms with Gasteiger partial charge in [-0.15, -0.1) is 0 Å². The Bertz CT molecular complexity index is 668. The summed E-state index contributed by atoms with van der Waals surface area (Å²) in [5, 5.41) is 5.76. The van der Waals surface area contributed by atoms with Crippen molar-refractivity contribution in [1.82, 2.24) is 10.6 Å². The molecular weight excluding hydrogens is 288 g/mol. The quantitative estimate of drug-likeness (QED) is 0.862. The Morgan fingerprint density at radius 1 is 1.00 bits per heavy atom. The minimum atomic E-state index is -0.314. The number of benzene rings is 2. The van der Waals surface area contributed by atoms with Crippen LogP contribution in [0.3, 0.4) is 0 Å². The molecule has 2 aromatic rings. The summed E-state index contributed by atoms with van der Waals surface area (Å²) in [5.74, 6) is -0.235. The Morgan fingerprint density at radius 2 is 1.65 bits per heavy atom. The van der Waals surface area contributed by atoms with Crippen molar-refractivity contribution in [2.75, 3.05) is 0 Å². The number of hydrogen-bond acceptors (Lipinski definition) is 2. The van der Waals surface area contributed by atoms with Crippen LogP contribution in [-0.4, -0.2) is 11.8 Å². The number of rotatable bonds is 6. The van der Waals surface area contributed by atoms with Crippen LogP contribution in [0.1, 0.15) is 36.1 Å². The van der Waals surface area contributed by atoms with Crippen LogP contribution < -0.4 is 10.6 Å². The molecule has 0 aliphatic rings. The van der Waals surface area contributed by atoms with Crippen LogP contribution in [0.2, 0.25) is 0 Å². The first-order valence-electron chi connectivity index (χ1n) is 7.69. The molecule has 4 nitrogen and oxygen atoms in total. The van der Waals surface area contributed by atoms with Gasteiger partial charge in [-0.1, -0.05) is 54.6 Å². The maximum atomic E-state index is 12.2. The third kappa shape index (κ3) is 5.25. The number of hydrogen-bond donors (Lipinski definition) is 2. The molecule has 120 valence electrons. The molecule has 0 saturated heterocycles. The maximum absolute atomic E-state index is 12.2. The molecule has 0 aliphatic carbocycles. The minimum Gasteiger partial charge on any atom is -0.352 e. The molecule has 2 amide bonds. The summed E-state index contributed by atoms with van der Waals surface area (Å²) in [6.45, 7) is 3.97. The van der Waals surface area contributed by atoms with E-state index >= 15 is 0 Å². The molecule has 0 radical (unpaired) electrons. The summed E-state index contributed by atoms with van der Waals surface area (Å²) < 4.78 is 0. The van der Waals surface area contributed by atoms with E-state index < -0.39 is 0 Å². The molecule has 23 heavy (non-hydrogen) atoms. The topological polar surface area (TPSA) is 58.2 Å². The van der Waals surface area contributed by atoms with Gasteiger partial charge in [0.15, 0.2) is 0 Å². The third-order valence-corrected chi connectivity index (χ3v) is 3.71. The van der Waals surface area contributed by atoms with Gasteiger partial charge in [-0.05, 0) is 23.6 Å². The minimum absolute atomic E-state index is 0.0872. The number of aryl methyl sites for hydroxylation is 1. The van der Waals surface area contributed by atoms with Gasteiger partial charge in [0.2, 0.25) is 11.8 Å². The monoisotopic (exact) mass is 310 g/mol.